The van der Waals surface area contributed by atoms with Gasteiger partial charge in [-0.25, -0.2) is 9.59 Å². The lowest BCUT2D eigenvalue weighted by Crippen LogP contribution is -2.32. The third kappa shape index (κ3) is 5.38. The highest BCUT2D eigenvalue weighted by Crippen LogP contribution is 2.35. The number of carbonyl (C=O) groups is 2. The van der Waals surface area contributed by atoms with Crippen LogP contribution in [0.25, 0.3) is 11.0 Å². The molecule has 0 aliphatic carbocycles. The molecule has 0 saturated carbocycles. The minimum atomic E-state index is -4.64. The van der Waals surface area contributed by atoms with Crippen molar-refractivity contribution in [3.05, 3.63) is 35.1 Å². The van der Waals surface area contributed by atoms with E-state index in [0.717, 1.165) is 6.07 Å². The lowest BCUT2D eigenvalue weighted by atomic mass is 10.1. The number of alkyl carbamates (subject to hydrolysis) is 1. The summed E-state index contributed by atoms with van der Waals surface area (Å²) in [5, 5.41) is 2.52. The van der Waals surface area contributed by atoms with Crippen molar-refractivity contribution in [2.24, 2.45) is 0 Å². The third-order valence-corrected chi connectivity index (χ3v) is 3.30. The largest absolute Gasteiger partial charge is 0.462 e. The molecular weight excluding hydrogens is 367 g/mol. The summed E-state index contributed by atoms with van der Waals surface area (Å²) in [7, 11) is 0. The van der Waals surface area contributed by atoms with Crippen LogP contribution in [0.5, 0.6) is 0 Å². The van der Waals surface area contributed by atoms with Gasteiger partial charge in [-0.15, -0.1) is 0 Å². The van der Waals surface area contributed by atoms with Gasteiger partial charge in [-0.05, 0) is 45.9 Å². The molecule has 0 fully saturated rings. The van der Waals surface area contributed by atoms with E-state index in [9.17, 15) is 22.8 Å². The molecular formula is C18H20F3NO5. The van der Waals surface area contributed by atoms with Crippen molar-refractivity contribution in [1.82, 2.24) is 5.32 Å². The van der Waals surface area contributed by atoms with Crippen LogP contribution in [0.15, 0.2) is 22.6 Å². The first-order valence-electron chi connectivity index (χ1n) is 8.18. The zero-order valence-corrected chi connectivity index (χ0v) is 15.3. The molecule has 1 N–H and O–H groups in total. The third-order valence-electron chi connectivity index (χ3n) is 3.30. The molecule has 1 aromatic heterocycles. The molecule has 2 aromatic rings. The van der Waals surface area contributed by atoms with Crippen molar-refractivity contribution in [2.45, 2.75) is 46.0 Å². The van der Waals surface area contributed by atoms with E-state index in [1.54, 1.807) is 27.7 Å². The molecule has 0 aliphatic heterocycles. The van der Waals surface area contributed by atoms with Gasteiger partial charge in [0.15, 0.2) is 0 Å². The van der Waals surface area contributed by atoms with E-state index < -0.39 is 29.4 Å². The monoisotopic (exact) mass is 387 g/mol. The van der Waals surface area contributed by atoms with Crippen LogP contribution in [0.2, 0.25) is 0 Å². The SMILES string of the molecule is CCOC(=O)c1cc(C(F)(F)F)cc2cc(CNC(=O)OC(C)(C)C)oc12. The first-order chi connectivity index (χ1) is 12.4. The van der Waals surface area contributed by atoms with Gasteiger partial charge in [-0.1, -0.05) is 0 Å². The number of alkyl halides is 3. The van der Waals surface area contributed by atoms with E-state index >= 15 is 0 Å². The lowest BCUT2D eigenvalue weighted by molar-refractivity contribution is -0.137. The Hall–Kier alpha value is -2.71. The molecule has 9 heteroatoms. The van der Waals surface area contributed by atoms with Crippen LogP contribution in [-0.2, 0) is 22.2 Å². The molecule has 1 aromatic carbocycles. The highest BCUT2D eigenvalue weighted by Gasteiger charge is 2.33. The number of esters is 1. The molecule has 2 rings (SSSR count). The molecule has 6 nitrogen and oxygen atoms in total. The van der Waals surface area contributed by atoms with Gasteiger partial charge in [-0.2, -0.15) is 13.2 Å². The normalized spacial score (nSPS) is 12.1. The summed E-state index contributed by atoms with van der Waals surface area (Å²) < 4.78 is 54.7. The van der Waals surface area contributed by atoms with E-state index in [-0.39, 0.29) is 35.4 Å². The van der Waals surface area contributed by atoms with E-state index in [1.807, 2.05) is 0 Å². The van der Waals surface area contributed by atoms with Crippen LogP contribution < -0.4 is 5.32 Å². The molecule has 0 spiro atoms. The maximum atomic E-state index is 13.1. The van der Waals surface area contributed by atoms with Gasteiger partial charge < -0.3 is 19.2 Å². The summed E-state index contributed by atoms with van der Waals surface area (Å²) in [5.41, 5.74) is -2.06. The number of furan rings is 1. The summed E-state index contributed by atoms with van der Waals surface area (Å²) >= 11 is 0. The number of hydrogen-bond donors (Lipinski definition) is 1. The van der Waals surface area contributed by atoms with Crippen molar-refractivity contribution < 1.29 is 36.7 Å². The Bertz CT molecular complexity index is 849. The van der Waals surface area contributed by atoms with E-state index in [0.29, 0.717) is 6.07 Å². The first-order valence-corrected chi connectivity index (χ1v) is 8.18. The maximum Gasteiger partial charge on any atom is 0.416 e. The zero-order chi connectivity index (χ0) is 20.4. The molecule has 27 heavy (non-hydrogen) atoms. The van der Waals surface area contributed by atoms with Crippen LogP contribution in [0, 0.1) is 0 Å². The summed E-state index contributed by atoms with van der Waals surface area (Å²) in [6, 6.07) is 2.89. The fourth-order valence-electron chi connectivity index (χ4n) is 2.29. The fourth-order valence-corrected chi connectivity index (χ4v) is 2.29. The van der Waals surface area contributed by atoms with E-state index in [1.165, 1.54) is 6.07 Å². The summed E-state index contributed by atoms with van der Waals surface area (Å²) in [5.74, 6) is -0.754. The Labute approximate surface area is 153 Å². The molecule has 0 saturated heterocycles. The predicted octanol–water partition coefficient (Wildman–Crippen LogP) is 4.65. The smallest absolute Gasteiger partial charge is 0.416 e. The molecule has 0 radical (unpaired) electrons. The van der Waals surface area contributed by atoms with E-state index in [2.05, 4.69) is 5.32 Å². The number of nitrogens with one attached hydrogen (secondary N) is 1. The Morgan fingerprint density at radius 2 is 1.81 bits per heavy atom. The number of amides is 1. The number of rotatable bonds is 4. The van der Waals surface area contributed by atoms with Crippen LogP contribution in [0.1, 0.15) is 49.4 Å². The molecule has 0 aliphatic rings. The van der Waals surface area contributed by atoms with Gasteiger partial charge in [0.1, 0.15) is 22.5 Å². The number of carbonyl (C=O) groups excluding carboxylic acids is 2. The van der Waals surface area contributed by atoms with Crippen molar-refractivity contribution >= 4 is 23.0 Å². The molecule has 148 valence electrons. The molecule has 0 bridgehead atoms. The second-order valence-corrected chi connectivity index (χ2v) is 6.73. The topological polar surface area (TPSA) is 77.8 Å². The van der Waals surface area contributed by atoms with Crippen molar-refractivity contribution in [1.29, 1.82) is 0 Å². The minimum Gasteiger partial charge on any atom is -0.462 e. The summed E-state index contributed by atoms with van der Waals surface area (Å²) in [6.45, 7) is 6.51. The second-order valence-electron chi connectivity index (χ2n) is 6.73. The standard InChI is InChI=1S/C18H20F3NO5/c1-5-25-15(23)13-8-11(18(19,20)21)6-10-7-12(26-14(10)13)9-22-16(24)27-17(2,3)4/h6-8H,5,9H2,1-4H3,(H,22,24). The lowest BCUT2D eigenvalue weighted by Gasteiger charge is -2.19. The number of fused-ring (bicyclic) bond motifs is 1. The van der Waals surface area contributed by atoms with Crippen LogP contribution >= 0.6 is 0 Å². The maximum absolute atomic E-state index is 13.1. The highest BCUT2D eigenvalue weighted by molar-refractivity contribution is 6.02. The fraction of sp³-hybridized carbons (Fsp3) is 0.444. The molecule has 1 heterocycles. The molecule has 0 unspecified atom stereocenters. The number of benzene rings is 1. The van der Waals surface area contributed by atoms with Crippen molar-refractivity contribution in [3.63, 3.8) is 0 Å². The quantitative estimate of drug-likeness (QED) is 0.773. The van der Waals surface area contributed by atoms with Gasteiger partial charge in [-0.3, -0.25) is 0 Å². The van der Waals surface area contributed by atoms with E-state index in [4.69, 9.17) is 13.9 Å². The number of halogens is 3. The predicted molar refractivity (Wildman–Crippen MR) is 90.2 cm³/mol. The van der Waals surface area contributed by atoms with Crippen LogP contribution in [0.4, 0.5) is 18.0 Å². The Balaban J connectivity index is 2.35. The zero-order valence-electron chi connectivity index (χ0n) is 15.3. The second kappa shape index (κ2) is 7.50. The average Bonchev–Trinajstić information content (AvgIpc) is 2.92. The Morgan fingerprint density at radius 1 is 1.15 bits per heavy atom. The summed E-state index contributed by atoms with van der Waals surface area (Å²) in [4.78, 5) is 23.7. The highest BCUT2D eigenvalue weighted by atomic mass is 19.4. The minimum absolute atomic E-state index is 0.00430. The Morgan fingerprint density at radius 3 is 2.37 bits per heavy atom. The number of hydrogen-bond acceptors (Lipinski definition) is 5. The average molecular weight is 387 g/mol. The van der Waals surface area contributed by atoms with Gasteiger partial charge in [0.2, 0.25) is 0 Å². The van der Waals surface area contributed by atoms with Gasteiger partial charge in [0.25, 0.3) is 0 Å². The van der Waals surface area contributed by atoms with Crippen molar-refractivity contribution in [2.75, 3.05) is 6.61 Å². The first kappa shape index (κ1) is 20.6. The van der Waals surface area contributed by atoms with Gasteiger partial charge >= 0.3 is 18.2 Å². The summed E-state index contributed by atoms with van der Waals surface area (Å²) in [6.07, 6.45) is -5.34. The van der Waals surface area contributed by atoms with Crippen LogP contribution in [0.3, 0.4) is 0 Å². The van der Waals surface area contributed by atoms with Gasteiger partial charge in [0, 0.05) is 5.39 Å². The molecule has 0 atom stereocenters. The van der Waals surface area contributed by atoms with Gasteiger partial charge in [0.05, 0.1) is 18.7 Å². The molecule has 1 amide bonds. The van der Waals surface area contributed by atoms with Crippen LogP contribution in [-0.4, -0.2) is 24.3 Å². The van der Waals surface area contributed by atoms with Crippen molar-refractivity contribution in [3.8, 4) is 0 Å². The number of ether oxygens (including phenoxy) is 2. The Kier molecular flexibility index (Phi) is 5.72.